The molecule has 0 unspecified atom stereocenters. The zero-order valence-corrected chi connectivity index (χ0v) is 27.9. The van der Waals surface area contributed by atoms with Crippen molar-refractivity contribution in [2.24, 2.45) is 0 Å². The molecule has 0 atom stereocenters. The summed E-state index contributed by atoms with van der Waals surface area (Å²) in [6.07, 6.45) is 7.39. The standard InChI is InChI=1S/2C16H22N4.2Cu.H2O2/c2*1-19(2)11-12-20(13-15-7-3-5-9-17-15)14-16-8-4-6-10-18-16;;;1-2/h2*3-10H,11-14H2,1-2H3;;;1-2H/q;;2*+2;. The SMILES string of the molecule is CN(C)CCN(Cc1ccccn1)Cc1ccccn1.CN(C)CCN(Cc1ccccn1)Cc1ccccn1.OO.[Cu+2].[Cu+2]. The summed E-state index contributed by atoms with van der Waals surface area (Å²) >= 11 is 0. The van der Waals surface area contributed by atoms with Crippen LogP contribution in [-0.4, -0.2) is 104 Å². The maximum Gasteiger partial charge on any atom is 2.00 e. The second kappa shape index (κ2) is 25.7. The number of hydrogen-bond donors (Lipinski definition) is 2. The number of likely N-dealkylation sites (N-methyl/N-ethyl adjacent to an activating group) is 2. The Morgan fingerprint density at radius 2 is 0.682 bits per heavy atom. The first-order valence-electron chi connectivity index (χ1n) is 14.0. The van der Waals surface area contributed by atoms with Gasteiger partial charge >= 0.3 is 34.1 Å². The van der Waals surface area contributed by atoms with E-state index in [1.165, 1.54) is 0 Å². The molecule has 0 saturated carbocycles. The summed E-state index contributed by atoms with van der Waals surface area (Å²) in [5.41, 5.74) is 4.40. The third-order valence-corrected chi connectivity index (χ3v) is 6.17. The van der Waals surface area contributed by atoms with Crippen LogP contribution in [0.1, 0.15) is 22.8 Å². The van der Waals surface area contributed by atoms with E-state index >= 15 is 0 Å². The molecule has 2 N–H and O–H groups in total. The summed E-state index contributed by atoms with van der Waals surface area (Å²) in [7, 11) is 8.39. The van der Waals surface area contributed by atoms with Gasteiger partial charge in [0.15, 0.2) is 0 Å². The van der Waals surface area contributed by atoms with Crippen molar-refractivity contribution in [1.29, 1.82) is 0 Å². The van der Waals surface area contributed by atoms with Gasteiger partial charge in [0.05, 0.1) is 22.8 Å². The van der Waals surface area contributed by atoms with Gasteiger partial charge in [-0.1, -0.05) is 24.3 Å². The third kappa shape index (κ3) is 18.9. The number of hydrogen-bond acceptors (Lipinski definition) is 10. The Labute approximate surface area is 284 Å². The van der Waals surface area contributed by atoms with Gasteiger partial charge in [0.25, 0.3) is 0 Å². The molecule has 0 saturated heterocycles. The van der Waals surface area contributed by atoms with Gasteiger partial charge in [0.2, 0.25) is 0 Å². The van der Waals surface area contributed by atoms with E-state index in [0.717, 1.165) is 75.1 Å². The molecule has 4 rings (SSSR count). The fourth-order valence-corrected chi connectivity index (χ4v) is 3.99. The summed E-state index contributed by atoms with van der Waals surface area (Å²) in [6, 6.07) is 24.2. The molecule has 4 aromatic rings. The molecule has 10 nitrogen and oxygen atoms in total. The van der Waals surface area contributed by atoms with Crippen LogP contribution < -0.4 is 0 Å². The van der Waals surface area contributed by atoms with Crippen molar-refractivity contribution in [3.63, 3.8) is 0 Å². The fourth-order valence-electron chi connectivity index (χ4n) is 3.99. The molecule has 12 heteroatoms. The third-order valence-electron chi connectivity index (χ3n) is 6.17. The molecule has 0 aliphatic rings. The second-order valence-electron chi connectivity index (χ2n) is 10.3. The van der Waals surface area contributed by atoms with E-state index in [0.29, 0.717) is 0 Å². The van der Waals surface area contributed by atoms with Crippen LogP contribution in [0, 0.1) is 0 Å². The summed E-state index contributed by atoms with van der Waals surface area (Å²) in [6.45, 7) is 7.46. The Kier molecular flexibility index (Phi) is 24.2. The second-order valence-corrected chi connectivity index (χ2v) is 10.3. The van der Waals surface area contributed by atoms with Gasteiger partial charge in [-0.25, -0.2) is 0 Å². The van der Waals surface area contributed by atoms with Gasteiger partial charge < -0.3 is 9.80 Å². The molecule has 0 aromatic carbocycles. The Balaban J connectivity index is 0.000000763. The molecule has 44 heavy (non-hydrogen) atoms. The zero-order valence-electron chi connectivity index (χ0n) is 26.0. The summed E-state index contributed by atoms with van der Waals surface area (Å²) in [4.78, 5) is 26.8. The van der Waals surface area contributed by atoms with Crippen molar-refractivity contribution in [3.8, 4) is 0 Å². The van der Waals surface area contributed by atoms with Gasteiger partial charge in [-0.3, -0.25) is 40.3 Å². The number of rotatable bonds is 14. The normalized spacial score (nSPS) is 10.3. The molecule has 0 amide bonds. The average molecular weight is 702 g/mol. The molecule has 0 bridgehead atoms. The predicted molar refractivity (Wildman–Crippen MR) is 168 cm³/mol. The van der Waals surface area contributed by atoms with Crippen LogP contribution in [0.2, 0.25) is 0 Å². The summed E-state index contributed by atoms with van der Waals surface area (Å²) in [5, 5.41) is 12.0. The van der Waals surface area contributed by atoms with Gasteiger partial charge in [0.1, 0.15) is 0 Å². The van der Waals surface area contributed by atoms with Crippen molar-refractivity contribution in [3.05, 3.63) is 120 Å². The van der Waals surface area contributed by atoms with E-state index in [-0.39, 0.29) is 34.1 Å². The molecule has 4 heterocycles. The molecular weight excluding hydrogens is 655 g/mol. The van der Waals surface area contributed by atoms with Crippen LogP contribution in [0.3, 0.4) is 0 Å². The Morgan fingerprint density at radius 3 is 0.864 bits per heavy atom. The first kappa shape index (κ1) is 41.4. The molecule has 0 spiro atoms. The van der Waals surface area contributed by atoms with Gasteiger partial charge in [0, 0.05) is 77.1 Å². The van der Waals surface area contributed by atoms with Crippen LogP contribution in [0.4, 0.5) is 0 Å². The quantitative estimate of drug-likeness (QED) is 0.114. The van der Waals surface area contributed by atoms with E-state index in [2.05, 4.69) is 92.0 Å². The maximum absolute atomic E-state index is 6.00. The van der Waals surface area contributed by atoms with Crippen LogP contribution in [0.15, 0.2) is 97.6 Å². The Hall–Kier alpha value is -2.60. The molecule has 0 aliphatic carbocycles. The Morgan fingerprint density at radius 1 is 0.432 bits per heavy atom. The van der Waals surface area contributed by atoms with E-state index in [4.69, 9.17) is 10.5 Å². The van der Waals surface area contributed by atoms with Gasteiger partial charge in [-0.2, -0.15) is 0 Å². The van der Waals surface area contributed by atoms with Crippen molar-refractivity contribution < 1.29 is 44.7 Å². The number of pyridine rings is 4. The largest absolute Gasteiger partial charge is 2.00 e. The number of nitrogens with zero attached hydrogens (tertiary/aromatic N) is 8. The minimum Gasteiger partial charge on any atom is -0.308 e. The van der Waals surface area contributed by atoms with Crippen molar-refractivity contribution in [2.75, 3.05) is 54.4 Å². The minimum absolute atomic E-state index is 0. The molecule has 2 radical (unpaired) electrons. The molecule has 244 valence electrons. The first-order valence-corrected chi connectivity index (χ1v) is 14.0. The topological polar surface area (TPSA) is 105 Å². The van der Waals surface area contributed by atoms with Gasteiger partial charge in [-0.15, -0.1) is 0 Å². The van der Waals surface area contributed by atoms with Gasteiger partial charge in [-0.05, 0) is 76.7 Å². The smallest absolute Gasteiger partial charge is 0.308 e. The number of aromatic nitrogens is 4. The van der Waals surface area contributed by atoms with Crippen LogP contribution in [0.25, 0.3) is 0 Å². The van der Waals surface area contributed by atoms with Crippen molar-refractivity contribution in [1.82, 2.24) is 39.5 Å². The molecular formula is C32H46Cu2N8O2+4. The van der Waals surface area contributed by atoms with E-state index in [1.54, 1.807) is 0 Å². The van der Waals surface area contributed by atoms with E-state index < -0.39 is 0 Å². The van der Waals surface area contributed by atoms with Crippen LogP contribution in [-0.2, 0) is 60.3 Å². The molecule has 0 aliphatic heterocycles. The summed E-state index contributed by atoms with van der Waals surface area (Å²) < 4.78 is 0. The predicted octanol–water partition coefficient (Wildman–Crippen LogP) is 4.09. The van der Waals surface area contributed by atoms with E-state index in [9.17, 15) is 0 Å². The fraction of sp³-hybridized carbons (Fsp3) is 0.375. The van der Waals surface area contributed by atoms with Crippen molar-refractivity contribution >= 4 is 0 Å². The average Bonchev–Trinajstić information content (AvgIpc) is 3.02. The first-order chi connectivity index (χ1) is 20.5. The van der Waals surface area contributed by atoms with E-state index in [1.807, 2.05) is 73.3 Å². The minimum atomic E-state index is 0. The maximum atomic E-state index is 6.00. The van der Waals surface area contributed by atoms with Crippen LogP contribution >= 0.6 is 0 Å². The summed E-state index contributed by atoms with van der Waals surface area (Å²) in [5.74, 6) is 0. The molecule has 4 aromatic heterocycles. The zero-order chi connectivity index (χ0) is 30.4. The van der Waals surface area contributed by atoms with Crippen molar-refractivity contribution in [2.45, 2.75) is 26.2 Å². The monoisotopic (exact) mass is 700 g/mol. The molecule has 0 fully saturated rings. The Bertz CT molecular complexity index is 1000. The van der Waals surface area contributed by atoms with Crippen LogP contribution in [0.5, 0.6) is 0 Å².